The second kappa shape index (κ2) is 7.26. The van der Waals surface area contributed by atoms with Crippen molar-refractivity contribution in [2.45, 2.75) is 19.8 Å². The van der Waals surface area contributed by atoms with Crippen molar-refractivity contribution in [2.75, 3.05) is 20.2 Å². The normalized spacial score (nSPS) is 19.1. The van der Waals surface area contributed by atoms with Crippen LogP contribution in [0.15, 0.2) is 35.1 Å². The Morgan fingerprint density at radius 2 is 1.96 bits per heavy atom. The van der Waals surface area contributed by atoms with E-state index < -0.39 is 23.4 Å². The standard InChI is InChI=1S/C20H22N2O5/c1-11-7-12(2)21-18(23)17(11)19(24)22-9-15(16(10-22)20(25)26)13-5-4-6-14(8-13)27-3/h4-8,15-16H,9-10H2,1-3H3,(H,21,23)(H,25,26)/t15-,16+/m0/s1. The quantitative estimate of drug-likeness (QED) is 0.857. The molecule has 1 aromatic carbocycles. The summed E-state index contributed by atoms with van der Waals surface area (Å²) >= 11 is 0. The van der Waals surface area contributed by atoms with Gasteiger partial charge >= 0.3 is 5.97 Å². The number of amides is 1. The number of rotatable bonds is 4. The maximum atomic E-state index is 13.0. The van der Waals surface area contributed by atoms with Crippen LogP contribution in [0.2, 0.25) is 0 Å². The summed E-state index contributed by atoms with van der Waals surface area (Å²) in [7, 11) is 1.55. The van der Waals surface area contributed by atoms with E-state index >= 15 is 0 Å². The largest absolute Gasteiger partial charge is 0.497 e. The third-order valence-corrected chi connectivity index (χ3v) is 5.03. The molecule has 0 spiro atoms. The molecule has 142 valence electrons. The fourth-order valence-electron chi connectivity index (χ4n) is 3.71. The van der Waals surface area contributed by atoms with E-state index in [4.69, 9.17) is 4.74 Å². The first-order valence-corrected chi connectivity index (χ1v) is 8.68. The van der Waals surface area contributed by atoms with Crippen LogP contribution in [0, 0.1) is 19.8 Å². The van der Waals surface area contributed by atoms with Crippen molar-refractivity contribution in [1.82, 2.24) is 9.88 Å². The number of aromatic nitrogens is 1. The number of nitrogens with zero attached hydrogens (tertiary/aromatic N) is 1. The third-order valence-electron chi connectivity index (χ3n) is 5.03. The molecule has 1 aliphatic rings. The van der Waals surface area contributed by atoms with Crippen LogP contribution in [0.25, 0.3) is 0 Å². The minimum absolute atomic E-state index is 0.0583. The molecule has 7 nitrogen and oxygen atoms in total. The van der Waals surface area contributed by atoms with Gasteiger partial charge in [-0.15, -0.1) is 0 Å². The highest BCUT2D eigenvalue weighted by molar-refractivity contribution is 5.96. The average Bonchev–Trinajstić information content (AvgIpc) is 3.06. The molecule has 0 saturated carbocycles. The van der Waals surface area contributed by atoms with Crippen molar-refractivity contribution in [1.29, 1.82) is 0 Å². The number of aryl methyl sites for hydroxylation is 2. The van der Waals surface area contributed by atoms with Crippen LogP contribution in [0.3, 0.4) is 0 Å². The number of pyridine rings is 1. The van der Waals surface area contributed by atoms with Crippen LogP contribution in [-0.4, -0.2) is 47.1 Å². The number of aliphatic carboxylic acids is 1. The van der Waals surface area contributed by atoms with E-state index in [-0.39, 0.29) is 24.6 Å². The highest BCUT2D eigenvalue weighted by Gasteiger charge is 2.41. The van der Waals surface area contributed by atoms with Gasteiger partial charge in [-0.05, 0) is 43.2 Å². The second-order valence-electron chi connectivity index (χ2n) is 6.88. The van der Waals surface area contributed by atoms with Gasteiger partial charge in [0, 0.05) is 24.7 Å². The molecule has 2 aromatic rings. The molecule has 0 unspecified atom stereocenters. The van der Waals surface area contributed by atoms with Gasteiger partial charge in [0.1, 0.15) is 11.3 Å². The van der Waals surface area contributed by atoms with Gasteiger partial charge in [-0.3, -0.25) is 14.4 Å². The summed E-state index contributed by atoms with van der Waals surface area (Å²) in [6, 6.07) is 8.94. The monoisotopic (exact) mass is 370 g/mol. The maximum Gasteiger partial charge on any atom is 0.308 e. The number of carbonyl (C=O) groups is 2. The van der Waals surface area contributed by atoms with Crippen LogP contribution >= 0.6 is 0 Å². The maximum absolute atomic E-state index is 13.0. The predicted octanol–water partition coefficient (Wildman–Crippen LogP) is 1.94. The lowest BCUT2D eigenvalue weighted by atomic mass is 9.89. The summed E-state index contributed by atoms with van der Waals surface area (Å²) in [5.41, 5.74) is 1.67. The van der Waals surface area contributed by atoms with Gasteiger partial charge in [-0.1, -0.05) is 12.1 Å². The summed E-state index contributed by atoms with van der Waals surface area (Å²) < 4.78 is 5.22. The minimum atomic E-state index is -0.965. The molecule has 2 heterocycles. The molecule has 0 radical (unpaired) electrons. The highest BCUT2D eigenvalue weighted by Crippen LogP contribution is 2.35. The van der Waals surface area contributed by atoms with Crippen molar-refractivity contribution in [3.63, 3.8) is 0 Å². The number of ether oxygens (including phenoxy) is 1. The molecule has 7 heteroatoms. The smallest absolute Gasteiger partial charge is 0.308 e. The van der Waals surface area contributed by atoms with E-state index in [0.29, 0.717) is 17.0 Å². The number of aromatic amines is 1. The summed E-state index contributed by atoms with van der Waals surface area (Å²) in [4.78, 5) is 41.1. The van der Waals surface area contributed by atoms with E-state index in [9.17, 15) is 19.5 Å². The Kier molecular flexibility index (Phi) is 5.03. The zero-order chi connectivity index (χ0) is 19.7. The van der Waals surface area contributed by atoms with E-state index in [1.54, 1.807) is 45.2 Å². The van der Waals surface area contributed by atoms with Crippen molar-refractivity contribution >= 4 is 11.9 Å². The Morgan fingerprint density at radius 3 is 2.59 bits per heavy atom. The third kappa shape index (κ3) is 3.58. The molecular formula is C20H22N2O5. The van der Waals surface area contributed by atoms with Gasteiger partial charge in [0.2, 0.25) is 0 Å². The van der Waals surface area contributed by atoms with Crippen LogP contribution in [0.4, 0.5) is 0 Å². The predicted molar refractivity (Wildman–Crippen MR) is 99.3 cm³/mol. The zero-order valence-electron chi connectivity index (χ0n) is 15.5. The first-order valence-electron chi connectivity index (χ1n) is 8.68. The Balaban J connectivity index is 1.94. The molecule has 1 aliphatic heterocycles. The number of carboxylic acids is 1. The summed E-state index contributed by atoms with van der Waals surface area (Å²) in [6.45, 7) is 3.75. The number of methoxy groups -OCH3 is 1. The second-order valence-corrected chi connectivity index (χ2v) is 6.88. The van der Waals surface area contributed by atoms with Crippen molar-refractivity contribution in [3.8, 4) is 5.75 Å². The van der Waals surface area contributed by atoms with E-state index in [0.717, 1.165) is 5.56 Å². The topological polar surface area (TPSA) is 99.7 Å². The lowest BCUT2D eigenvalue weighted by Gasteiger charge is -2.17. The van der Waals surface area contributed by atoms with Gasteiger partial charge < -0.3 is 19.7 Å². The van der Waals surface area contributed by atoms with Crippen molar-refractivity contribution in [3.05, 3.63) is 63.1 Å². The van der Waals surface area contributed by atoms with E-state index in [1.165, 1.54) is 4.90 Å². The van der Waals surface area contributed by atoms with E-state index in [1.807, 2.05) is 6.07 Å². The number of carbonyl (C=O) groups excluding carboxylic acids is 1. The van der Waals surface area contributed by atoms with Crippen LogP contribution in [0.5, 0.6) is 5.75 Å². The fourth-order valence-corrected chi connectivity index (χ4v) is 3.71. The molecule has 0 bridgehead atoms. The number of carboxylic acid groups (broad SMARTS) is 1. The van der Waals surface area contributed by atoms with Crippen molar-refractivity contribution in [2.24, 2.45) is 5.92 Å². The Bertz CT molecular complexity index is 950. The highest BCUT2D eigenvalue weighted by atomic mass is 16.5. The summed E-state index contributed by atoms with van der Waals surface area (Å²) in [6.07, 6.45) is 0. The summed E-state index contributed by atoms with van der Waals surface area (Å²) in [5.74, 6) is -1.89. The van der Waals surface area contributed by atoms with Gasteiger partial charge in [0.15, 0.2) is 0 Å². The van der Waals surface area contributed by atoms with Crippen LogP contribution in [-0.2, 0) is 4.79 Å². The van der Waals surface area contributed by atoms with E-state index in [2.05, 4.69) is 4.98 Å². The van der Waals surface area contributed by atoms with Gasteiger partial charge in [-0.25, -0.2) is 0 Å². The molecule has 27 heavy (non-hydrogen) atoms. The molecule has 1 fully saturated rings. The molecule has 2 atom stereocenters. The van der Waals surface area contributed by atoms with Crippen molar-refractivity contribution < 1.29 is 19.4 Å². The minimum Gasteiger partial charge on any atom is -0.497 e. The molecular weight excluding hydrogens is 348 g/mol. The number of nitrogens with one attached hydrogen (secondary N) is 1. The van der Waals surface area contributed by atoms with Gasteiger partial charge in [-0.2, -0.15) is 0 Å². The first kappa shape index (κ1) is 18.7. The molecule has 3 rings (SSSR count). The number of H-pyrrole nitrogens is 1. The molecule has 1 aromatic heterocycles. The first-order chi connectivity index (χ1) is 12.8. The number of hydrogen-bond acceptors (Lipinski definition) is 4. The Labute approximate surface area is 156 Å². The molecule has 1 saturated heterocycles. The Morgan fingerprint density at radius 1 is 1.22 bits per heavy atom. The SMILES string of the molecule is COc1cccc([C@@H]2CN(C(=O)c3c(C)cc(C)[nH]c3=O)C[C@H]2C(=O)O)c1. The number of likely N-dealkylation sites (tertiary alicyclic amines) is 1. The zero-order valence-corrected chi connectivity index (χ0v) is 15.5. The number of hydrogen-bond donors (Lipinski definition) is 2. The van der Waals surface area contributed by atoms with Gasteiger partial charge in [0.25, 0.3) is 11.5 Å². The van der Waals surface area contributed by atoms with Crippen LogP contribution in [0.1, 0.15) is 33.1 Å². The fraction of sp³-hybridized carbons (Fsp3) is 0.350. The average molecular weight is 370 g/mol. The lowest BCUT2D eigenvalue weighted by Crippen LogP contribution is -2.35. The van der Waals surface area contributed by atoms with Crippen LogP contribution < -0.4 is 10.3 Å². The van der Waals surface area contributed by atoms with Gasteiger partial charge in [0.05, 0.1) is 13.0 Å². The summed E-state index contributed by atoms with van der Waals surface area (Å²) in [5, 5.41) is 9.65. The number of benzene rings is 1. The molecule has 2 N–H and O–H groups in total. The Hall–Kier alpha value is -3.09. The lowest BCUT2D eigenvalue weighted by molar-refractivity contribution is -0.141. The molecule has 0 aliphatic carbocycles. The molecule has 1 amide bonds.